The van der Waals surface area contributed by atoms with Crippen LogP contribution in [0.1, 0.15) is 32.3 Å². The Bertz CT molecular complexity index is 615. The third-order valence-corrected chi connectivity index (χ3v) is 5.41. The third-order valence-electron chi connectivity index (χ3n) is 5.41. The van der Waals surface area contributed by atoms with E-state index < -0.39 is 0 Å². The highest BCUT2D eigenvalue weighted by molar-refractivity contribution is 5.93. The summed E-state index contributed by atoms with van der Waals surface area (Å²) in [5.74, 6) is -0.350. The number of carbonyl (C=O) groups excluding carboxylic acids is 1. The molecular weight excluding hydrogens is 330 g/mol. The summed E-state index contributed by atoms with van der Waals surface area (Å²) in [5, 5.41) is 3.06. The zero-order valence-corrected chi connectivity index (χ0v) is 16.2. The van der Waals surface area contributed by atoms with E-state index in [0.29, 0.717) is 19.8 Å². The molecule has 0 bridgehead atoms. The van der Waals surface area contributed by atoms with Crippen LogP contribution in [0, 0.1) is 6.92 Å². The number of anilines is 2. The van der Waals surface area contributed by atoms with Crippen molar-refractivity contribution in [3.05, 3.63) is 23.8 Å². The average Bonchev–Trinajstić information content (AvgIpc) is 3.09. The number of hydrogen-bond acceptors (Lipinski definition) is 5. The molecule has 6 heteroatoms. The molecule has 3 rings (SSSR count). The third kappa shape index (κ3) is 4.37. The average molecular weight is 361 g/mol. The summed E-state index contributed by atoms with van der Waals surface area (Å²) in [7, 11) is 0. The summed E-state index contributed by atoms with van der Waals surface area (Å²) < 4.78 is 11.5. The lowest BCUT2D eigenvalue weighted by Crippen LogP contribution is -2.47. The molecule has 0 radical (unpaired) electrons. The summed E-state index contributed by atoms with van der Waals surface area (Å²) >= 11 is 0. The van der Waals surface area contributed by atoms with Gasteiger partial charge in [-0.25, -0.2) is 0 Å². The van der Waals surface area contributed by atoms with Gasteiger partial charge in [-0.1, -0.05) is 0 Å². The van der Waals surface area contributed by atoms with Crippen molar-refractivity contribution in [1.82, 2.24) is 4.90 Å². The Morgan fingerprint density at radius 2 is 1.85 bits per heavy atom. The van der Waals surface area contributed by atoms with E-state index in [-0.39, 0.29) is 11.7 Å². The number of amides is 1. The van der Waals surface area contributed by atoms with Crippen LogP contribution < -0.4 is 10.2 Å². The molecule has 0 aliphatic carbocycles. The lowest BCUT2D eigenvalue weighted by Gasteiger charge is -2.37. The second-order valence-corrected chi connectivity index (χ2v) is 7.10. The van der Waals surface area contributed by atoms with Crippen LogP contribution in [0.25, 0.3) is 0 Å². The zero-order chi connectivity index (χ0) is 18.6. The van der Waals surface area contributed by atoms with Crippen molar-refractivity contribution in [2.45, 2.75) is 39.4 Å². The van der Waals surface area contributed by atoms with Crippen LogP contribution in [-0.4, -0.2) is 62.5 Å². The molecule has 0 unspecified atom stereocenters. The normalized spacial score (nSPS) is 19.7. The largest absolute Gasteiger partial charge is 0.372 e. The molecule has 2 fully saturated rings. The molecule has 144 valence electrons. The fraction of sp³-hybridized carbons (Fsp3) is 0.650. The lowest BCUT2D eigenvalue weighted by molar-refractivity contribution is -0.185. The number of benzene rings is 1. The molecule has 26 heavy (non-hydrogen) atoms. The number of ether oxygens (including phenoxy) is 2. The second-order valence-electron chi connectivity index (χ2n) is 7.10. The Morgan fingerprint density at radius 1 is 1.19 bits per heavy atom. The highest BCUT2D eigenvalue weighted by Crippen LogP contribution is 2.31. The van der Waals surface area contributed by atoms with Gasteiger partial charge in [-0.05, 0) is 44.5 Å². The molecule has 2 saturated heterocycles. The molecule has 0 saturated carbocycles. The number of aryl methyl sites for hydroxylation is 1. The molecule has 0 aromatic heterocycles. The van der Waals surface area contributed by atoms with Crippen molar-refractivity contribution in [3.8, 4) is 0 Å². The molecule has 1 spiro atoms. The maximum absolute atomic E-state index is 12.5. The fourth-order valence-corrected chi connectivity index (χ4v) is 3.80. The maximum Gasteiger partial charge on any atom is 0.238 e. The molecular formula is C20H31N3O3. The van der Waals surface area contributed by atoms with Crippen molar-refractivity contribution in [1.29, 1.82) is 0 Å². The minimum Gasteiger partial charge on any atom is -0.372 e. The first-order chi connectivity index (χ1) is 12.5. The number of nitrogens with zero attached hydrogens (tertiary/aromatic N) is 2. The van der Waals surface area contributed by atoms with Gasteiger partial charge in [-0.3, -0.25) is 9.69 Å². The van der Waals surface area contributed by atoms with Gasteiger partial charge in [-0.15, -0.1) is 0 Å². The van der Waals surface area contributed by atoms with Gasteiger partial charge in [0.2, 0.25) is 5.91 Å². The van der Waals surface area contributed by atoms with E-state index in [1.165, 1.54) is 5.69 Å². The number of rotatable bonds is 6. The van der Waals surface area contributed by atoms with Crippen LogP contribution in [0.4, 0.5) is 11.4 Å². The molecule has 1 aromatic carbocycles. The van der Waals surface area contributed by atoms with Gasteiger partial charge in [-0.2, -0.15) is 0 Å². The molecule has 0 atom stereocenters. The van der Waals surface area contributed by atoms with E-state index in [2.05, 4.69) is 41.1 Å². The predicted molar refractivity (Wildman–Crippen MR) is 104 cm³/mol. The van der Waals surface area contributed by atoms with Crippen LogP contribution in [-0.2, 0) is 14.3 Å². The van der Waals surface area contributed by atoms with Gasteiger partial charge in [0.1, 0.15) is 0 Å². The summed E-state index contributed by atoms with van der Waals surface area (Å²) in [6.07, 6.45) is 1.66. The smallest absolute Gasteiger partial charge is 0.238 e. The molecule has 1 N–H and O–H groups in total. The zero-order valence-electron chi connectivity index (χ0n) is 16.2. The fourth-order valence-electron chi connectivity index (χ4n) is 3.80. The molecule has 2 aliphatic rings. The Balaban J connectivity index is 1.52. The van der Waals surface area contributed by atoms with E-state index in [0.717, 1.165) is 50.3 Å². The summed E-state index contributed by atoms with van der Waals surface area (Å²) in [5.41, 5.74) is 3.18. The van der Waals surface area contributed by atoms with Gasteiger partial charge in [0.15, 0.2) is 5.79 Å². The highest BCUT2D eigenvalue weighted by atomic mass is 16.7. The summed E-state index contributed by atoms with van der Waals surface area (Å²) in [4.78, 5) is 16.9. The number of likely N-dealkylation sites (tertiary alicyclic amines) is 1. The van der Waals surface area contributed by atoms with Crippen molar-refractivity contribution in [2.24, 2.45) is 0 Å². The molecule has 2 heterocycles. The monoisotopic (exact) mass is 361 g/mol. The van der Waals surface area contributed by atoms with Gasteiger partial charge in [0.25, 0.3) is 0 Å². The quantitative estimate of drug-likeness (QED) is 0.844. The van der Waals surface area contributed by atoms with Gasteiger partial charge in [0, 0.05) is 50.4 Å². The first kappa shape index (κ1) is 19.1. The molecule has 2 aliphatic heterocycles. The topological polar surface area (TPSA) is 54.0 Å². The summed E-state index contributed by atoms with van der Waals surface area (Å²) in [6.45, 7) is 11.7. The Labute approximate surface area is 156 Å². The standard InChI is InChI=1S/C20H31N3O3/c1-4-23(5-2)17-6-7-18(16(3)14-17)21-19(24)15-22-10-8-20(9-11-22)25-12-13-26-20/h6-7,14H,4-5,8-13,15H2,1-3H3,(H,21,24). The predicted octanol–water partition coefficient (Wildman–Crippen LogP) is 2.62. The highest BCUT2D eigenvalue weighted by Gasteiger charge is 2.39. The van der Waals surface area contributed by atoms with Crippen molar-refractivity contribution >= 4 is 17.3 Å². The number of piperidine rings is 1. The van der Waals surface area contributed by atoms with E-state index in [9.17, 15) is 4.79 Å². The van der Waals surface area contributed by atoms with Gasteiger partial charge >= 0.3 is 0 Å². The number of nitrogens with one attached hydrogen (secondary N) is 1. The Morgan fingerprint density at radius 3 is 2.42 bits per heavy atom. The minimum atomic E-state index is -0.385. The molecule has 1 amide bonds. The SMILES string of the molecule is CCN(CC)c1ccc(NC(=O)CN2CCC3(CC2)OCCO3)c(C)c1. The molecule has 6 nitrogen and oxygen atoms in total. The summed E-state index contributed by atoms with van der Waals surface area (Å²) in [6, 6.07) is 6.23. The van der Waals surface area contributed by atoms with Crippen molar-refractivity contribution < 1.29 is 14.3 Å². The van der Waals surface area contributed by atoms with E-state index >= 15 is 0 Å². The van der Waals surface area contributed by atoms with Crippen LogP contribution in [0.5, 0.6) is 0 Å². The van der Waals surface area contributed by atoms with Crippen LogP contribution in [0.15, 0.2) is 18.2 Å². The van der Waals surface area contributed by atoms with Crippen molar-refractivity contribution in [2.75, 3.05) is 56.2 Å². The van der Waals surface area contributed by atoms with Gasteiger partial charge < -0.3 is 19.7 Å². The van der Waals surface area contributed by atoms with Gasteiger partial charge in [0.05, 0.1) is 19.8 Å². The van der Waals surface area contributed by atoms with E-state index in [1.54, 1.807) is 0 Å². The molecule has 1 aromatic rings. The van der Waals surface area contributed by atoms with Crippen LogP contribution in [0.3, 0.4) is 0 Å². The Kier molecular flexibility index (Phi) is 6.16. The second kappa shape index (κ2) is 8.37. The lowest BCUT2D eigenvalue weighted by atomic mass is 10.0. The van der Waals surface area contributed by atoms with E-state index in [4.69, 9.17) is 9.47 Å². The first-order valence-electron chi connectivity index (χ1n) is 9.71. The number of hydrogen-bond donors (Lipinski definition) is 1. The maximum atomic E-state index is 12.5. The van der Waals surface area contributed by atoms with Crippen LogP contribution in [0.2, 0.25) is 0 Å². The first-order valence-corrected chi connectivity index (χ1v) is 9.71. The number of carbonyl (C=O) groups is 1. The van der Waals surface area contributed by atoms with Crippen LogP contribution >= 0.6 is 0 Å². The van der Waals surface area contributed by atoms with E-state index in [1.807, 2.05) is 13.0 Å². The van der Waals surface area contributed by atoms with Crippen molar-refractivity contribution in [3.63, 3.8) is 0 Å². The minimum absolute atomic E-state index is 0.0351. The Hall–Kier alpha value is -1.63.